The highest BCUT2D eigenvalue weighted by molar-refractivity contribution is 5.95. The van der Waals surface area contributed by atoms with Crippen molar-refractivity contribution in [2.75, 3.05) is 23.7 Å². The van der Waals surface area contributed by atoms with Crippen molar-refractivity contribution in [1.82, 2.24) is 5.32 Å². The van der Waals surface area contributed by atoms with E-state index in [1.54, 1.807) is 0 Å². The summed E-state index contributed by atoms with van der Waals surface area (Å²) in [6.07, 6.45) is 3.07. The first-order chi connectivity index (χ1) is 8.33. The largest absolute Gasteiger partial charge is 0.384 e. The van der Waals surface area contributed by atoms with Crippen LogP contribution in [0.1, 0.15) is 18.4 Å². The second-order valence-electron chi connectivity index (χ2n) is 4.69. The Kier molecular flexibility index (Phi) is 2.73. The molecule has 1 fully saturated rings. The van der Waals surface area contributed by atoms with E-state index in [4.69, 9.17) is 0 Å². The van der Waals surface area contributed by atoms with Gasteiger partial charge >= 0.3 is 0 Å². The quantitative estimate of drug-likeness (QED) is 0.720. The second-order valence-corrected chi connectivity index (χ2v) is 4.69. The molecule has 2 aliphatic heterocycles. The molecular formula is C13H17N3O. The minimum atomic E-state index is -0.0126. The van der Waals surface area contributed by atoms with Crippen LogP contribution in [0.3, 0.4) is 0 Å². The lowest BCUT2D eigenvalue weighted by atomic mass is 10.1. The SMILES string of the molecule is O=C(Nc1ccc2c(c1)CCN2)C1CCCN1. The molecule has 0 radical (unpaired) electrons. The molecule has 17 heavy (non-hydrogen) atoms. The molecule has 1 saturated heterocycles. The van der Waals surface area contributed by atoms with Crippen LogP contribution in [0.4, 0.5) is 11.4 Å². The summed E-state index contributed by atoms with van der Waals surface area (Å²) in [6.45, 7) is 1.95. The van der Waals surface area contributed by atoms with Crippen LogP contribution in [0.15, 0.2) is 18.2 Å². The lowest BCUT2D eigenvalue weighted by Gasteiger charge is -2.11. The van der Waals surface area contributed by atoms with Crippen molar-refractivity contribution in [3.05, 3.63) is 23.8 Å². The number of hydrogen-bond acceptors (Lipinski definition) is 3. The Hall–Kier alpha value is -1.55. The van der Waals surface area contributed by atoms with Crippen LogP contribution in [-0.2, 0) is 11.2 Å². The van der Waals surface area contributed by atoms with Gasteiger partial charge in [0.15, 0.2) is 0 Å². The molecular weight excluding hydrogens is 214 g/mol. The fourth-order valence-electron chi connectivity index (χ4n) is 2.52. The molecule has 4 nitrogen and oxygen atoms in total. The van der Waals surface area contributed by atoms with Crippen LogP contribution in [-0.4, -0.2) is 25.0 Å². The number of anilines is 2. The van der Waals surface area contributed by atoms with Crippen molar-refractivity contribution in [2.24, 2.45) is 0 Å². The van der Waals surface area contributed by atoms with Gasteiger partial charge in [0.05, 0.1) is 6.04 Å². The lowest BCUT2D eigenvalue weighted by Crippen LogP contribution is -2.35. The molecule has 0 bridgehead atoms. The monoisotopic (exact) mass is 231 g/mol. The topological polar surface area (TPSA) is 53.2 Å². The fraction of sp³-hybridized carbons (Fsp3) is 0.462. The Labute approximate surface area is 101 Å². The van der Waals surface area contributed by atoms with E-state index in [-0.39, 0.29) is 11.9 Å². The average Bonchev–Trinajstić information content (AvgIpc) is 2.99. The van der Waals surface area contributed by atoms with Gasteiger partial charge in [-0.05, 0) is 49.6 Å². The Balaban J connectivity index is 1.70. The molecule has 0 saturated carbocycles. The fourth-order valence-corrected chi connectivity index (χ4v) is 2.52. The number of benzene rings is 1. The average molecular weight is 231 g/mol. The van der Waals surface area contributed by atoms with Crippen LogP contribution in [0.5, 0.6) is 0 Å². The molecule has 1 unspecified atom stereocenters. The van der Waals surface area contributed by atoms with Gasteiger partial charge in [-0.2, -0.15) is 0 Å². The smallest absolute Gasteiger partial charge is 0.241 e. The highest BCUT2D eigenvalue weighted by Crippen LogP contribution is 2.25. The van der Waals surface area contributed by atoms with E-state index in [9.17, 15) is 4.79 Å². The zero-order valence-corrected chi connectivity index (χ0v) is 9.75. The summed E-state index contributed by atoms with van der Waals surface area (Å²) in [5, 5.41) is 9.50. The first-order valence-corrected chi connectivity index (χ1v) is 6.24. The normalized spacial score (nSPS) is 22.0. The first kappa shape index (κ1) is 10.6. The van der Waals surface area contributed by atoms with Crippen LogP contribution >= 0.6 is 0 Å². The van der Waals surface area contributed by atoms with E-state index in [1.807, 2.05) is 12.1 Å². The van der Waals surface area contributed by atoms with E-state index in [2.05, 4.69) is 22.0 Å². The third-order valence-corrected chi connectivity index (χ3v) is 3.46. The maximum Gasteiger partial charge on any atom is 0.241 e. The summed E-state index contributed by atoms with van der Waals surface area (Å²) in [4.78, 5) is 11.9. The Bertz CT molecular complexity index is 438. The van der Waals surface area contributed by atoms with Crippen molar-refractivity contribution < 1.29 is 4.79 Å². The van der Waals surface area contributed by atoms with E-state index in [0.29, 0.717) is 0 Å². The third kappa shape index (κ3) is 2.13. The molecule has 1 aromatic rings. The molecule has 0 aromatic heterocycles. The number of carbonyl (C=O) groups excluding carboxylic acids is 1. The molecule has 3 N–H and O–H groups in total. The predicted molar refractivity (Wildman–Crippen MR) is 68.3 cm³/mol. The van der Waals surface area contributed by atoms with Gasteiger partial charge in [0.2, 0.25) is 5.91 Å². The van der Waals surface area contributed by atoms with E-state index in [1.165, 1.54) is 11.3 Å². The number of amides is 1. The van der Waals surface area contributed by atoms with Gasteiger partial charge in [-0.15, -0.1) is 0 Å². The summed E-state index contributed by atoms with van der Waals surface area (Å²) < 4.78 is 0. The van der Waals surface area contributed by atoms with Gasteiger partial charge in [0, 0.05) is 17.9 Å². The zero-order valence-electron chi connectivity index (χ0n) is 9.75. The van der Waals surface area contributed by atoms with E-state index < -0.39 is 0 Å². The Morgan fingerprint density at radius 3 is 3.12 bits per heavy atom. The van der Waals surface area contributed by atoms with Crippen molar-refractivity contribution >= 4 is 17.3 Å². The van der Waals surface area contributed by atoms with E-state index >= 15 is 0 Å². The summed E-state index contributed by atoms with van der Waals surface area (Å²) >= 11 is 0. The van der Waals surface area contributed by atoms with Crippen LogP contribution in [0.2, 0.25) is 0 Å². The van der Waals surface area contributed by atoms with Gasteiger partial charge in [-0.25, -0.2) is 0 Å². The molecule has 1 amide bonds. The maximum absolute atomic E-state index is 11.9. The van der Waals surface area contributed by atoms with E-state index in [0.717, 1.165) is 38.0 Å². The predicted octanol–water partition coefficient (Wildman–Crippen LogP) is 1.35. The summed E-state index contributed by atoms with van der Waals surface area (Å²) in [6, 6.07) is 6.06. The molecule has 1 aromatic carbocycles. The Morgan fingerprint density at radius 1 is 1.35 bits per heavy atom. The summed E-state index contributed by atoms with van der Waals surface area (Å²) in [5.74, 6) is 0.0911. The van der Waals surface area contributed by atoms with Crippen LogP contribution < -0.4 is 16.0 Å². The number of nitrogens with one attached hydrogen (secondary N) is 3. The molecule has 3 rings (SSSR count). The molecule has 2 heterocycles. The zero-order chi connectivity index (χ0) is 11.7. The minimum Gasteiger partial charge on any atom is -0.384 e. The number of hydrogen-bond donors (Lipinski definition) is 3. The summed E-state index contributed by atoms with van der Waals surface area (Å²) in [7, 11) is 0. The van der Waals surface area contributed by atoms with Crippen LogP contribution in [0, 0.1) is 0 Å². The highest BCUT2D eigenvalue weighted by Gasteiger charge is 2.22. The van der Waals surface area contributed by atoms with Gasteiger partial charge in [0.25, 0.3) is 0 Å². The molecule has 4 heteroatoms. The van der Waals surface area contributed by atoms with Gasteiger partial charge in [0.1, 0.15) is 0 Å². The standard InChI is InChI=1S/C13H17N3O/c17-13(12-2-1-6-14-12)16-10-3-4-11-9(8-10)5-7-15-11/h3-4,8,12,14-15H,1-2,5-7H2,(H,16,17). The highest BCUT2D eigenvalue weighted by atomic mass is 16.2. The molecule has 1 atom stereocenters. The summed E-state index contributed by atoms with van der Waals surface area (Å²) in [5.41, 5.74) is 3.40. The number of rotatable bonds is 2. The van der Waals surface area contributed by atoms with Gasteiger partial charge in [-0.3, -0.25) is 4.79 Å². The first-order valence-electron chi connectivity index (χ1n) is 6.24. The molecule has 2 aliphatic rings. The molecule has 90 valence electrons. The van der Waals surface area contributed by atoms with Crippen LogP contribution in [0.25, 0.3) is 0 Å². The Morgan fingerprint density at radius 2 is 2.29 bits per heavy atom. The van der Waals surface area contributed by atoms with Crippen molar-refractivity contribution in [2.45, 2.75) is 25.3 Å². The van der Waals surface area contributed by atoms with Gasteiger partial charge < -0.3 is 16.0 Å². The number of carbonyl (C=O) groups is 1. The molecule has 0 aliphatic carbocycles. The lowest BCUT2D eigenvalue weighted by molar-refractivity contribution is -0.117. The van der Waals surface area contributed by atoms with Crippen molar-refractivity contribution in [1.29, 1.82) is 0 Å². The second kappa shape index (κ2) is 4.37. The van der Waals surface area contributed by atoms with Crippen molar-refractivity contribution in [3.63, 3.8) is 0 Å². The van der Waals surface area contributed by atoms with Gasteiger partial charge in [-0.1, -0.05) is 0 Å². The maximum atomic E-state index is 11.9. The molecule has 0 spiro atoms. The number of fused-ring (bicyclic) bond motifs is 1. The third-order valence-electron chi connectivity index (χ3n) is 3.46. The van der Waals surface area contributed by atoms with Crippen molar-refractivity contribution in [3.8, 4) is 0 Å². The minimum absolute atomic E-state index is 0.0126.